The van der Waals surface area contributed by atoms with Gasteiger partial charge in [-0.25, -0.2) is 9.59 Å². The van der Waals surface area contributed by atoms with E-state index in [0.717, 1.165) is 28.0 Å². The molecular weight excluding hydrogens is 412 g/mol. The summed E-state index contributed by atoms with van der Waals surface area (Å²) in [6.45, 7) is 4.01. The van der Waals surface area contributed by atoms with Crippen molar-refractivity contribution in [3.05, 3.63) is 110 Å². The number of carbonyl (C=O) groups excluding carboxylic acids is 1. The third-order valence-corrected chi connectivity index (χ3v) is 6.14. The van der Waals surface area contributed by atoms with Crippen molar-refractivity contribution in [2.45, 2.75) is 13.2 Å². The summed E-state index contributed by atoms with van der Waals surface area (Å²) in [7, 11) is 1.59. The van der Waals surface area contributed by atoms with Crippen LogP contribution in [0.15, 0.2) is 76.8 Å². The lowest BCUT2D eigenvalue weighted by atomic mass is 10.1. The lowest BCUT2D eigenvalue weighted by Gasteiger charge is -2.09. The van der Waals surface area contributed by atoms with Gasteiger partial charge in [-0.05, 0) is 28.8 Å². The van der Waals surface area contributed by atoms with E-state index in [1.54, 1.807) is 13.1 Å². The van der Waals surface area contributed by atoms with Crippen molar-refractivity contribution in [3.63, 3.8) is 0 Å². The average molecular weight is 433 g/mol. The van der Waals surface area contributed by atoms with Crippen LogP contribution in [0.4, 0.5) is 0 Å². The molecule has 7 heteroatoms. The van der Waals surface area contributed by atoms with Gasteiger partial charge in [-0.2, -0.15) is 0 Å². The number of rotatable bonds is 6. The molecule has 0 saturated carbocycles. The molecule has 0 amide bonds. The predicted octanol–water partition coefficient (Wildman–Crippen LogP) is 3.81. The second-order valence-electron chi connectivity index (χ2n) is 7.07. The van der Waals surface area contributed by atoms with E-state index >= 15 is 0 Å². The van der Waals surface area contributed by atoms with Crippen LogP contribution in [0.3, 0.4) is 0 Å². The number of hydrogen-bond donors (Lipinski definition) is 0. The first-order valence-electron chi connectivity index (χ1n) is 9.63. The summed E-state index contributed by atoms with van der Waals surface area (Å²) in [5.41, 5.74) is 1.72. The van der Waals surface area contributed by atoms with Gasteiger partial charge < -0.3 is 4.74 Å². The number of benzene rings is 2. The maximum Gasteiger partial charge on any atom is 0.348 e. The Balaban J connectivity index is 1.67. The van der Waals surface area contributed by atoms with Crippen molar-refractivity contribution in [3.8, 4) is 0 Å². The molecule has 0 aliphatic carbocycles. The van der Waals surface area contributed by atoms with Crippen molar-refractivity contribution in [1.82, 2.24) is 9.13 Å². The van der Waals surface area contributed by atoms with Crippen LogP contribution >= 0.6 is 11.3 Å². The Morgan fingerprint density at radius 3 is 2.55 bits per heavy atom. The lowest BCUT2D eigenvalue weighted by Crippen LogP contribution is -2.38. The van der Waals surface area contributed by atoms with Crippen molar-refractivity contribution >= 4 is 33.6 Å². The van der Waals surface area contributed by atoms with E-state index in [9.17, 15) is 14.4 Å². The lowest BCUT2D eigenvalue weighted by molar-refractivity contribution is 0.0478. The molecule has 2 aromatic carbocycles. The molecule has 4 aromatic rings. The first-order valence-corrected chi connectivity index (χ1v) is 10.5. The SMILES string of the molecule is C=Cc1cccc(Cn2c(=O)c3cc(C(=O)OCc4ccccc4)sc3n(C)c2=O)c1. The molecule has 0 saturated heterocycles. The van der Waals surface area contributed by atoms with Crippen molar-refractivity contribution in [2.75, 3.05) is 0 Å². The quantitative estimate of drug-likeness (QED) is 0.435. The Kier molecular flexibility index (Phi) is 5.68. The molecule has 0 spiro atoms. The molecule has 0 aliphatic heterocycles. The minimum absolute atomic E-state index is 0.132. The summed E-state index contributed by atoms with van der Waals surface area (Å²) >= 11 is 1.08. The third-order valence-electron chi connectivity index (χ3n) is 4.95. The number of aryl methyl sites for hydroxylation is 1. The molecule has 0 fully saturated rings. The fourth-order valence-corrected chi connectivity index (χ4v) is 4.32. The van der Waals surface area contributed by atoms with Crippen LogP contribution in [0.5, 0.6) is 0 Å². The number of ether oxygens (including phenoxy) is 1. The molecule has 0 aliphatic rings. The highest BCUT2D eigenvalue weighted by molar-refractivity contribution is 7.20. The smallest absolute Gasteiger partial charge is 0.348 e. The Labute approximate surface area is 182 Å². The molecule has 0 unspecified atom stereocenters. The highest BCUT2D eigenvalue weighted by atomic mass is 32.1. The Hall–Kier alpha value is -3.71. The van der Waals surface area contributed by atoms with E-state index < -0.39 is 17.2 Å². The molecule has 0 radical (unpaired) electrons. The molecule has 0 bridgehead atoms. The number of nitrogens with zero attached hydrogens (tertiary/aromatic N) is 2. The number of carbonyl (C=O) groups is 1. The van der Waals surface area contributed by atoms with E-state index in [-0.39, 0.29) is 18.0 Å². The fraction of sp³-hybridized carbons (Fsp3) is 0.125. The number of thiophene rings is 1. The molecule has 4 rings (SSSR count). The average Bonchev–Trinajstić information content (AvgIpc) is 3.26. The number of fused-ring (bicyclic) bond motifs is 1. The van der Waals surface area contributed by atoms with Gasteiger partial charge in [-0.3, -0.25) is 13.9 Å². The van der Waals surface area contributed by atoms with E-state index in [4.69, 9.17) is 4.74 Å². The standard InChI is InChI=1S/C24H20N2O4S/c1-3-16-10-7-11-18(12-16)14-26-21(27)19-13-20(31-22(19)25(2)24(26)29)23(28)30-15-17-8-5-4-6-9-17/h3-13H,1,14-15H2,2H3. The monoisotopic (exact) mass is 432 g/mol. The first kappa shape index (κ1) is 20.6. The molecule has 0 atom stereocenters. The van der Waals surface area contributed by atoms with Gasteiger partial charge in [0.15, 0.2) is 0 Å². The minimum Gasteiger partial charge on any atom is -0.457 e. The normalized spacial score (nSPS) is 10.9. The number of esters is 1. The van der Waals surface area contributed by atoms with E-state index in [0.29, 0.717) is 10.2 Å². The summed E-state index contributed by atoms with van der Waals surface area (Å²) < 4.78 is 7.94. The van der Waals surface area contributed by atoms with Crippen LogP contribution in [0.2, 0.25) is 0 Å². The van der Waals surface area contributed by atoms with Crippen LogP contribution < -0.4 is 11.2 Å². The highest BCUT2D eigenvalue weighted by Gasteiger charge is 2.19. The summed E-state index contributed by atoms with van der Waals surface area (Å²) in [4.78, 5) is 39.2. The van der Waals surface area contributed by atoms with Gasteiger partial charge in [0.25, 0.3) is 5.56 Å². The topological polar surface area (TPSA) is 70.3 Å². The van der Waals surface area contributed by atoms with Gasteiger partial charge >= 0.3 is 11.7 Å². The maximum absolute atomic E-state index is 13.1. The van der Waals surface area contributed by atoms with Crippen LogP contribution in [-0.2, 0) is 24.9 Å². The van der Waals surface area contributed by atoms with E-state index in [1.165, 1.54) is 15.2 Å². The molecule has 6 nitrogen and oxygen atoms in total. The number of aromatic nitrogens is 2. The van der Waals surface area contributed by atoms with Crippen molar-refractivity contribution in [2.24, 2.45) is 7.05 Å². The van der Waals surface area contributed by atoms with E-state index in [2.05, 4.69) is 6.58 Å². The van der Waals surface area contributed by atoms with Gasteiger partial charge in [-0.1, -0.05) is 61.2 Å². The summed E-state index contributed by atoms with van der Waals surface area (Å²) in [5, 5.41) is 0.318. The zero-order valence-electron chi connectivity index (χ0n) is 16.9. The maximum atomic E-state index is 13.1. The second kappa shape index (κ2) is 8.57. The second-order valence-corrected chi connectivity index (χ2v) is 8.10. The highest BCUT2D eigenvalue weighted by Crippen LogP contribution is 2.23. The Morgan fingerprint density at radius 1 is 1.06 bits per heavy atom. The van der Waals surface area contributed by atoms with Gasteiger partial charge in [0.2, 0.25) is 0 Å². The fourth-order valence-electron chi connectivity index (χ4n) is 3.32. The molecule has 31 heavy (non-hydrogen) atoms. The molecular formula is C24H20N2O4S. The first-order chi connectivity index (χ1) is 15.0. The van der Waals surface area contributed by atoms with E-state index in [1.807, 2.05) is 54.6 Å². The summed E-state index contributed by atoms with van der Waals surface area (Å²) in [5.74, 6) is -0.526. The van der Waals surface area contributed by atoms with Gasteiger partial charge in [-0.15, -0.1) is 11.3 Å². The minimum atomic E-state index is -0.526. The van der Waals surface area contributed by atoms with Crippen LogP contribution in [0.25, 0.3) is 16.3 Å². The molecule has 156 valence electrons. The predicted molar refractivity (Wildman–Crippen MR) is 123 cm³/mol. The van der Waals surface area contributed by atoms with Crippen molar-refractivity contribution in [1.29, 1.82) is 0 Å². The van der Waals surface area contributed by atoms with Gasteiger partial charge in [0, 0.05) is 7.05 Å². The largest absolute Gasteiger partial charge is 0.457 e. The number of hydrogen-bond acceptors (Lipinski definition) is 5. The van der Waals surface area contributed by atoms with Gasteiger partial charge in [0.05, 0.1) is 11.9 Å². The Morgan fingerprint density at radius 2 is 1.81 bits per heavy atom. The van der Waals surface area contributed by atoms with Crippen LogP contribution in [0, 0.1) is 0 Å². The van der Waals surface area contributed by atoms with Crippen LogP contribution in [0.1, 0.15) is 26.4 Å². The molecule has 2 aromatic heterocycles. The van der Waals surface area contributed by atoms with Gasteiger partial charge in [0.1, 0.15) is 16.3 Å². The summed E-state index contributed by atoms with van der Waals surface area (Å²) in [6, 6.07) is 18.3. The van der Waals surface area contributed by atoms with Crippen LogP contribution in [-0.4, -0.2) is 15.1 Å². The zero-order chi connectivity index (χ0) is 22.0. The summed E-state index contributed by atoms with van der Waals surface area (Å²) in [6.07, 6.45) is 1.71. The third kappa shape index (κ3) is 4.13. The molecule has 0 N–H and O–H groups in total. The Bertz CT molecular complexity index is 1400. The zero-order valence-corrected chi connectivity index (χ0v) is 17.7. The van der Waals surface area contributed by atoms with Crippen molar-refractivity contribution < 1.29 is 9.53 Å². The molecule has 2 heterocycles.